The first-order valence-corrected chi connectivity index (χ1v) is 5.20. The Morgan fingerprint density at radius 3 is 2.38 bits per heavy atom. The molecule has 1 unspecified atom stereocenters. The van der Waals surface area contributed by atoms with Gasteiger partial charge in [-0.1, -0.05) is 12.1 Å². The van der Waals surface area contributed by atoms with Crippen molar-refractivity contribution in [1.29, 1.82) is 0 Å². The lowest BCUT2D eigenvalue weighted by Gasteiger charge is -2.23. The van der Waals surface area contributed by atoms with Crippen LogP contribution in [0.4, 0.5) is 0 Å². The number of aliphatic hydroxyl groups is 1. The Balaban J connectivity index is 2.21. The zero-order chi connectivity index (χ0) is 11.4. The molecule has 82 valence electrons. The Kier molecular flexibility index (Phi) is 2.97. The highest BCUT2D eigenvalue weighted by Gasteiger charge is 2.23. The molecule has 16 heavy (non-hydrogen) atoms. The topological polar surface area (TPSA) is 46.0 Å². The van der Waals surface area contributed by atoms with Crippen molar-refractivity contribution in [2.45, 2.75) is 18.9 Å². The van der Waals surface area contributed by atoms with E-state index >= 15 is 0 Å². The van der Waals surface area contributed by atoms with Crippen molar-refractivity contribution in [3.05, 3.63) is 60.2 Å². The quantitative estimate of drug-likeness (QED) is 0.849. The summed E-state index contributed by atoms with van der Waals surface area (Å²) in [4.78, 5) is 8.05. The highest BCUT2D eigenvalue weighted by atomic mass is 16.3. The highest BCUT2D eigenvalue weighted by Crippen LogP contribution is 2.23. The van der Waals surface area contributed by atoms with Crippen LogP contribution >= 0.6 is 0 Å². The minimum absolute atomic E-state index is 0.534. The van der Waals surface area contributed by atoms with E-state index in [1.165, 1.54) is 0 Å². The van der Waals surface area contributed by atoms with E-state index in [2.05, 4.69) is 9.97 Å². The SMILES string of the molecule is CC(O)(Cc1cccnc1)c1cccnc1. The van der Waals surface area contributed by atoms with E-state index in [9.17, 15) is 5.11 Å². The molecule has 2 rings (SSSR count). The summed E-state index contributed by atoms with van der Waals surface area (Å²) < 4.78 is 0. The molecule has 0 aromatic carbocycles. The summed E-state index contributed by atoms with van der Waals surface area (Å²) in [5.41, 5.74) is 0.923. The summed E-state index contributed by atoms with van der Waals surface area (Å²) in [6.07, 6.45) is 7.42. The average molecular weight is 214 g/mol. The first-order chi connectivity index (χ1) is 7.68. The molecule has 2 aromatic rings. The van der Waals surface area contributed by atoms with Crippen LogP contribution < -0.4 is 0 Å². The molecule has 2 heterocycles. The zero-order valence-electron chi connectivity index (χ0n) is 9.17. The van der Waals surface area contributed by atoms with Gasteiger partial charge in [-0.05, 0) is 24.6 Å². The largest absolute Gasteiger partial charge is 0.385 e. The van der Waals surface area contributed by atoms with Crippen LogP contribution in [0.1, 0.15) is 18.1 Å². The lowest BCUT2D eigenvalue weighted by Crippen LogP contribution is -2.24. The molecule has 3 nitrogen and oxygen atoms in total. The molecule has 0 aliphatic heterocycles. The molecular weight excluding hydrogens is 200 g/mol. The van der Waals surface area contributed by atoms with Gasteiger partial charge in [0.05, 0.1) is 5.60 Å². The van der Waals surface area contributed by atoms with Crippen molar-refractivity contribution >= 4 is 0 Å². The number of nitrogens with zero attached hydrogens (tertiary/aromatic N) is 2. The molecule has 1 atom stereocenters. The first kappa shape index (κ1) is 10.8. The summed E-state index contributed by atoms with van der Waals surface area (Å²) >= 11 is 0. The van der Waals surface area contributed by atoms with Crippen molar-refractivity contribution in [3.63, 3.8) is 0 Å². The molecule has 2 aromatic heterocycles. The van der Waals surface area contributed by atoms with Gasteiger partial charge in [0.25, 0.3) is 0 Å². The minimum Gasteiger partial charge on any atom is -0.385 e. The summed E-state index contributed by atoms with van der Waals surface area (Å²) in [6, 6.07) is 7.53. The fourth-order valence-electron chi connectivity index (χ4n) is 1.68. The van der Waals surface area contributed by atoms with E-state index < -0.39 is 5.60 Å². The summed E-state index contributed by atoms with van der Waals surface area (Å²) in [5.74, 6) is 0. The number of rotatable bonds is 3. The van der Waals surface area contributed by atoms with Crippen LogP contribution in [-0.4, -0.2) is 15.1 Å². The average Bonchev–Trinajstić information content (AvgIpc) is 2.31. The van der Waals surface area contributed by atoms with Gasteiger partial charge in [0, 0.05) is 36.8 Å². The van der Waals surface area contributed by atoms with Crippen molar-refractivity contribution < 1.29 is 5.11 Å². The molecule has 0 aliphatic carbocycles. The third-order valence-electron chi connectivity index (χ3n) is 2.55. The maximum atomic E-state index is 10.4. The van der Waals surface area contributed by atoms with Gasteiger partial charge in [-0.15, -0.1) is 0 Å². The lowest BCUT2D eigenvalue weighted by molar-refractivity contribution is 0.0572. The fraction of sp³-hybridized carbons (Fsp3) is 0.231. The van der Waals surface area contributed by atoms with Crippen molar-refractivity contribution in [1.82, 2.24) is 9.97 Å². The Hall–Kier alpha value is -1.74. The number of aromatic nitrogens is 2. The standard InChI is InChI=1S/C13H14N2O/c1-13(16,12-5-3-7-15-10-12)8-11-4-2-6-14-9-11/h2-7,9-10,16H,8H2,1H3. The normalized spacial score (nSPS) is 14.4. The molecule has 0 radical (unpaired) electrons. The summed E-state index contributed by atoms with van der Waals surface area (Å²) in [7, 11) is 0. The van der Waals surface area contributed by atoms with Crippen molar-refractivity contribution in [2.75, 3.05) is 0 Å². The van der Waals surface area contributed by atoms with Gasteiger partial charge in [-0.2, -0.15) is 0 Å². The van der Waals surface area contributed by atoms with Crippen LogP contribution in [0.5, 0.6) is 0 Å². The number of pyridine rings is 2. The monoisotopic (exact) mass is 214 g/mol. The maximum Gasteiger partial charge on any atom is 0.0924 e. The Bertz CT molecular complexity index is 440. The van der Waals surface area contributed by atoms with Crippen LogP contribution in [0.2, 0.25) is 0 Å². The maximum absolute atomic E-state index is 10.4. The van der Waals surface area contributed by atoms with E-state index in [4.69, 9.17) is 0 Å². The fourth-order valence-corrected chi connectivity index (χ4v) is 1.68. The zero-order valence-corrected chi connectivity index (χ0v) is 9.17. The number of hydrogen-bond acceptors (Lipinski definition) is 3. The molecule has 0 spiro atoms. The Labute approximate surface area is 94.8 Å². The minimum atomic E-state index is -0.905. The molecule has 0 aliphatic rings. The van der Waals surface area contributed by atoms with E-state index in [0.29, 0.717) is 6.42 Å². The third kappa shape index (κ3) is 2.44. The van der Waals surface area contributed by atoms with Crippen LogP contribution in [0, 0.1) is 0 Å². The predicted molar refractivity (Wildman–Crippen MR) is 61.7 cm³/mol. The van der Waals surface area contributed by atoms with Crippen LogP contribution in [0.15, 0.2) is 49.1 Å². The smallest absolute Gasteiger partial charge is 0.0924 e. The number of hydrogen-bond donors (Lipinski definition) is 1. The molecule has 1 N–H and O–H groups in total. The van der Waals surface area contributed by atoms with Crippen LogP contribution in [0.25, 0.3) is 0 Å². The van der Waals surface area contributed by atoms with Crippen molar-refractivity contribution in [3.8, 4) is 0 Å². The van der Waals surface area contributed by atoms with Gasteiger partial charge in [-0.25, -0.2) is 0 Å². The van der Waals surface area contributed by atoms with Gasteiger partial charge in [-0.3, -0.25) is 9.97 Å². The molecule has 0 saturated carbocycles. The molecule has 0 bridgehead atoms. The Morgan fingerprint density at radius 2 is 1.81 bits per heavy atom. The molecule has 0 saturated heterocycles. The first-order valence-electron chi connectivity index (χ1n) is 5.20. The van der Waals surface area contributed by atoms with Gasteiger partial charge >= 0.3 is 0 Å². The molecule has 3 heteroatoms. The van der Waals surface area contributed by atoms with E-state index in [-0.39, 0.29) is 0 Å². The van der Waals surface area contributed by atoms with E-state index in [1.807, 2.05) is 24.3 Å². The second-order valence-corrected chi connectivity index (χ2v) is 4.05. The molecule has 0 amide bonds. The van der Waals surface area contributed by atoms with E-state index in [0.717, 1.165) is 11.1 Å². The summed E-state index contributed by atoms with van der Waals surface area (Å²) in [5, 5.41) is 10.4. The van der Waals surface area contributed by atoms with Gasteiger partial charge in [0.15, 0.2) is 0 Å². The van der Waals surface area contributed by atoms with Gasteiger partial charge in [0.1, 0.15) is 0 Å². The van der Waals surface area contributed by atoms with E-state index in [1.54, 1.807) is 31.7 Å². The highest BCUT2D eigenvalue weighted by molar-refractivity contribution is 5.21. The lowest BCUT2D eigenvalue weighted by atomic mass is 9.91. The second-order valence-electron chi connectivity index (χ2n) is 4.05. The van der Waals surface area contributed by atoms with Crippen LogP contribution in [-0.2, 0) is 12.0 Å². The van der Waals surface area contributed by atoms with Crippen molar-refractivity contribution in [2.24, 2.45) is 0 Å². The summed E-state index contributed by atoms with van der Waals surface area (Å²) in [6.45, 7) is 1.79. The van der Waals surface area contributed by atoms with Gasteiger partial charge in [0.2, 0.25) is 0 Å². The predicted octanol–water partition coefficient (Wildman–Crippen LogP) is 1.93. The molecular formula is C13H14N2O. The second kappa shape index (κ2) is 4.41. The van der Waals surface area contributed by atoms with Crippen LogP contribution in [0.3, 0.4) is 0 Å². The Morgan fingerprint density at radius 1 is 1.12 bits per heavy atom. The third-order valence-corrected chi connectivity index (χ3v) is 2.55. The van der Waals surface area contributed by atoms with Gasteiger partial charge < -0.3 is 5.11 Å². The molecule has 0 fully saturated rings.